The van der Waals surface area contributed by atoms with Crippen LogP contribution >= 0.6 is 11.3 Å². The van der Waals surface area contributed by atoms with Crippen molar-refractivity contribution >= 4 is 22.4 Å². The molecule has 0 aliphatic carbocycles. The van der Waals surface area contributed by atoms with Gasteiger partial charge in [0.2, 0.25) is 0 Å². The fraction of sp³-hybridized carbons (Fsp3) is 0.353. The molecule has 1 N–H and O–H groups in total. The molecule has 0 radical (unpaired) electrons. The van der Waals surface area contributed by atoms with E-state index in [2.05, 4.69) is 65.3 Å². The Balaban J connectivity index is 1.72. The Morgan fingerprint density at radius 2 is 2.10 bits per heavy atom. The molecule has 1 atom stereocenters. The molecule has 0 spiro atoms. The van der Waals surface area contributed by atoms with Crippen molar-refractivity contribution in [1.29, 1.82) is 0 Å². The number of aromatic nitrogens is 2. The second-order valence-electron chi connectivity index (χ2n) is 5.64. The highest BCUT2D eigenvalue weighted by Crippen LogP contribution is 2.21. The van der Waals surface area contributed by atoms with E-state index in [0.717, 1.165) is 18.6 Å². The highest BCUT2D eigenvalue weighted by atomic mass is 32.1. The summed E-state index contributed by atoms with van der Waals surface area (Å²) < 4.78 is 2.27. The monoisotopic (exact) mass is 299 g/mol. The molecule has 3 nitrogen and oxygen atoms in total. The van der Waals surface area contributed by atoms with Gasteiger partial charge in [-0.05, 0) is 55.5 Å². The van der Waals surface area contributed by atoms with Gasteiger partial charge >= 0.3 is 0 Å². The van der Waals surface area contributed by atoms with Crippen molar-refractivity contribution < 1.29 is 0 Å². The second kappa shape index (κ2) is 6.00. The van der Waals surface area contributed by atoms with Crippen molar-refractivity contribution in [3.05, 3.63) is 52.0 Å². The Labute approximate surface area is 129 Å². The van der Waals surface area contributed by atoms with E-state index in [1.165, 1.54) is 21.5 Å². The molecule has 0 fully saturated rings. The standard InChI is InChI=1S/C17H21N3S/c1-12-7-16-17(8-13(12)2)20(11-19-16)14(3)9-18-10-15-5-4-6-21-15/h4-8,11,14,18H,9-10H2,1-3H3. The number of nitrogens with zero attached hydrogens (tertiary/aromatic N) is 2. The number of nitrogens with one attached hydrogen (secondary N) is 1. The summed E-state index contributed by atoms with van der Waals surface area (Å²) in [5, 5.41) is 5.65. The van der Waals surface area contributed by atoms with Crippen LogP contribution in [-0.2, 0) is 6.54 Å². The molecule has 0 saturated heterocycles. The van der Waals surface area contributed by atoms with E-state index < -0.39 is 0 Å². The van der Waals surface area contributed by atoms with E-state index in [0.29, 0.717) is 6.04 Å². The minimum atomic E-state index is 0.386. The lowest BCUT2D eigenvalue weighted by molar-refractivity contribution is 0.504. The first-order chi connectivity index (χ1) is 10.1. The lowest BCUT2D eigenvalue weighted by Gasteiger charge is -2.15. The number of hydrogen-bond donors (Lipinski definition) is 1. The van der Waals surface area contributed by atoms with Gasteiger partial charge in [0, 0.05) is 24.0 Å². The van der Waals surface area contributed by atoms with Crippen LogP contribution in [-0.4, -0.2) is 16.1 Å². The number of rotatable bonds is 5. The molecule has 0 aliphatic rings. The Bertz CT molecular complexity index is 728. The zero-order chi connectivity index (χ0) is 14.8. The fourth-order valence-electron chi connectivity index (χ4n) is 2.55. The summed E-state index contributed by atoms with van der Waals surface area (Å²) in [5.41, 5.74) is 4.94. The summed E-state index contributed by atoms with van der Waals surface area (Å²) in [6.07, 6.45) is 1.96. The predicted octanol–water partition coefficient (Wildman–Crippen LogP) is 4.07. The van der Waals surface area contributed by atoms with Crippen LogP contribution < -0.4 is 5.32 Å². The Hall–Kier alpha value is -1.65. The predicted molar refractivity (Wildman–Crippen MR) is 89.9 cm³/mol. The van der Waals surface area contributed by atoms with E-state index in [-0.39, 0.29) is 0 Å². The van der Waals surface area contributed by atoms with E-state index in [1.54, 1.807) is 11.3 Å². The average molecular weight is 299 g/mol. The normalized spacial score (nSPS) is 12.9. The lowest BCUT2D eigenvalue weighted by atomic mass is 10.1. The van der Waals surface area contributed by atoms with Gasteiger partial charge in [0.1, 0.15) is 0 Å². The van der Waals surface area contributed by atoms with Gasteiger partial charge in [-0.15, -0.1) is 11.3 Å². The minimum absolute atomic E-state index is 0.386. The van der Waals surface area contributed by atoms with Crippen molar-refractivity contribution in [2.45, 2.75) is 33.4 Å². The Kier molecular flexibility index (Phi) is 4.08. The molecule has 1 unspecified atom stereocenters. The maximum Gasteiger partial charge on any atom is 0.0961 e. The Morgan fingerprint density at radius 3 is 2.86 bits per heavy atom. The number of imidazole rings is 1. The first-order valence-electron chi connectivity index (χ1n) is 7.32. The quantitative estimate of drug-likeness (QED) is 0.770. The third-order valence-electron chi connectivity index (χ3n) is 3.98. The lowest BCUT2D eigenvalue weighted by Crippen LogP contribution is -2.22. The van der Waals surface area contributed by atoms with Crippen LogP contribution in [0.4, 0.5) is 0 Å². The van der Waals surface area contributed by atoms with Gasteiger partial charge in [0.15, 0.2) is 0 Å². The molecule has 0 bridgehead atoms. The molecule has 21 heavy (non-hydrogen) atoms. The van der Waals surface area contributed by atoms with Gasteiger partial charge < -0.3 is 9.88 Å². The molecule has 2 aromatic heterocycles. The topological polar surface area (TPSA) is 29.9 Å². The molecule has 3 rings (SSSR count). The van der Waals surface area contributed by atoms with Crippen molar-refractivity contribution in [2.24, 2.45) is 0 Å². The van der Waals surface area contributed by atoms with Crippen LogP contribution in [0.3, 0.4) is 0 Å². The summed E-state index contributed by atoms with van der Waals surface area (Å²) in [7, 11) is 0. The van der Waals surface area contributed by atoms with Crippen molar-refractivity contribution in [2.75, 3.05) is 6.54 Å². The highest BCUT2D eigenvalue weighted by molar-refractivity contribution is 7.09. The minimum Gasteiger partial charge on any atom is -0.326 e. The first kappa shape index (κ1) is 14.3. The third kappa shape index (κ3) is 3.01. The number of hydrogen-bond acceptors (Lipinski definition) is 3. The van der Waals surface area contributed by atoms with Crippen molar-refractivity contribution in [3.8, 4) is 0 Å². The maximum atomic E-state index is 4.54. The van der Waals surface area contributed by atoms with Gasteiger partial charge in [-0.3, -0.25) is 0 Å². The van der Waals surface area contributed by atoms with Crippen LogP contribution in [0.25, 0.3) is 11.0 Å². The van der Waals surface area contributed by atoms with Gasteiger partial charge in [-0.25, -0.2) is 4.98 Å². The molecule has 110 valence electrons. The smallest absolute Gasteiger partial charge is 0.0961 e. The molecule has 0 amide bonds. The van der Waals surface area contributed by atoms with Crippen molar-refractivity contribution in [3.63, 3.8) is 0 Å². The van der Waals surface area contributed by atoms with Gasteiger partial charge in [-0.2, -0.15) is 0 Å². The van der Waals surface area contributed by atoms with E-state index in [9.17, 15) is 0 Å². The highest BCUT2D eigenvalue weighted by Gasteiger charge is 2.10. The fourth-order valence-corrected chi connectivity index (χ4v) is 3.22. The van der Waals surface area contributed by atoms with E-state index in [1.807, 2.05) is 6.33 Å². The largest absolute Gasteiger partial charge is 0.326 e. The molecule has 0 aliphatic heterocycles. The van der Waals surface area contributed by atoms with Crippen molar-refractivity contribution in [1.82, 2.24) is 14.9 Å². The SMILES string of the molecule is Cc1cc2ncn(C(C)CNCc3cccs3)c2cc1C. The Morgan fingerprint density at radius 1 is 1.29 bits per heavy atom. The summed E-state index contributed by atoms with van der Waals surface area (Å²) in [4.78, 5) is 5.92. The van der Waals surface area contributed by atoms with Crippen LogP contribution in [0.15, 0.2) is 36.0 Å². The van der Waals surface area contributed by atoms with Crippen LogP contribution in [0.2, 0.25) is 0 Å². The van der Waals surface area contributed by atoms with Crippen LogP contribution in [0.1, 0.15) is 29.0 Å². The molecular formula is C17H21N3S. The summed E-state index contributed by atoms with van der Waals surface area (Å²) >= 11 is 1.80. The number of benzene rings is 1. The van der Waals surface area contributed by atoms with Gasteiger partial charge in [0.25, 0.3) is 0 Å². The zero-order valence-corrected chi connectivity index (χ0v) is 13.6. The summed E-state index contributed by atoms with van der Waals surface area (Å²) in [6, 6.07) is 9.07. The van der Waals surface area contributed by atoms with Gasteiger partial charge in [-0.1, -0.05) is 6.07 Å². The molecule has 3 aromatic rings. The summed E-state index contributed by atoms with van der Waals surface area (Å²) in [6.45, 7) is 8.41. The summed E-state index contributed by atoms with van der Waals surface area (Å²) in [5.74, 6) is 0. The van der Waals surface area contributed by atoms with Crippen LogP contribution in [0, 0.1) is 13.8 Å². The molecular weight excluding hydrogens is 278 g/mol. The maximum absolute atomic E-state index is 4.54. The number of fused-ring (bicyclic) bond motifs is 1. The van der Waals surface area contributed by atoms with E-state index in [4.69, 9.17) is 0 Å². The van der Waals surface area contributed by atoms with E-state index >= 15 is 0 Å². The molecule has 0 saturated carbocycles. The van der Waals surface area contributed by atoms with Crippen LogP contribution in [0.5, 0.6) is 0 Å². The number of thiophene rings is 1. The number of aryl methyl sites for hydroxylation is 2. The molecule has 2 heterocycles. The van der Waals surface area contributed by atoms with Gasteiger partial charge in [0.05, 0.1) is 17.4 Å². The molecule has 1 aromatic carbocycles. The first-order valence-corrected chi connectivity index (χ1v) is 8.20. The average Bonchev–Trinajstić information content (AvgIpc) is 3.09. The third-order valence-corrected chi connectivity index (χ3v) is 4.86. The zero-order valence-electron chi connectivity index (χ0n) is 12.8. The second-order valence-corrected chi connectivity index (χ2v) is 6.67. The molecule has 4 heteroatoms.